The van der Waals surface area contributed by atoms with E-state index in [1.54, 1.807) is 12.1 Å². The number of rotatable bonds is 11. The number of benzene rings is 2. The molecule has 0 heterocycles. The lowest BCUT2D eigenvalue weighted by Gasteiger charge is -2.24. The number of carbonyl (C=O) groups is 2. The average Bonchev–Trinajstić information content (AvgIpc) is 2.81. The van der Waals surface area contributed by atoms with Crippen molar-refractivity contribution < 1.29 is 48.2 Å². The van der Waals surface area contributed by atoms with Crippen LogP contribution >= 0.6 is 0 Å². The van der Waals surface area contributed by atoms with Gasteiger partial charge in [0, 0.05) is 0 Å². The van der Waals surface area contributed by atoms with Crippen molar-refractivity contribution in [3.8, 4) is 23.0 Å². The first-order valence-electron chi connectivity index (χ1n) is 9.45. The Kier molecular flexibility index (Phi) is 9.11. The van der Waals surface area contributed by atoms with Gasteiger partial charge in [-0.25, -0.2) is 9.59 Å². The minimum absolute atomic E-state index is 0.0548. The third-order valence-corrected chi connectivity index (χ3v) is 4.49. The molecular weight excluding hydrogens is 424 g/mol. The predicted octanol–water partition coefficient (Wildman–Crippen LogP) is 1.93. The molecule has 32 heavy (non-hydrogen) atoms. The van der Waals surface area contributed by atoms with Gasteiger partial charge in [0.05, 0.1) is 41.7 Å². The highest BCUT2D eigenvalue weighted by Crippen LogP contribution is 2.28. The second-order valence-corrected chi connectivity index (χ2v) is 6.52. The lowest BCUT2D eigenvalue weighted by Crippen LogP contribution is -2.44. The Morgan fingerprint density at radius 3 is 1.41 bits per heavy atom. The van der Waals surface area contributed by atoms with E-state index in [-0.39, 0.29) is 36.2 Å². The number of carbonyl (C=O) groups excluding carboxylic acids is 2. The fourth-order valence-electron chi connectivity index (χ4n) is 2.79. The third kappa shape index (κ3) is 6.25. The largest absolute Gasteiger partial charge is 0.504 e. The van der Waals surface area contributed by atoms with Gasteiger partial charge in [-0.3, -0.25) is 0 Å². The summed E-state index contributed by atoms with van der Waals surface area (Å²) in [7, 11) is 5.11. The fraction of sp³-hybridized carbons (Fsp3) is 0.364. The van der Waals surface area contributed by atoms with Crippen molar-refractivity contribution in [3.05, 3.63) is 47.5 Å². The van der Waals surface area contributed by atoms with Gasteiger partial charge in [0.1, 0.15) is 0 Å². The van der Waals surface area contributed by atoms with Gasteiger partial charge in [-0.2, -0.15) is 0 Å². The number of ether oxygens (including phenoxy) is 6. The minimum atomic E-state index is -1.44. The van der Waals surface area contributed by atoms with Gasteiger partial charge in [-0.05, 0) is 35.4 Å². The molecule has 0 saturated carbocycles. The van der Waals surface area contributed by atoms with Crippen LogP contribution in [0.4, 0.5) is 0 Å². The maximum Gasteiger partial charge on any atom is 0.338 e. The minimum Gasteiger partial charge on any atom is -0.504 e. The molecule has 0 aliphatic rings. The van der Waals surface area contributed by atoms with E-state index in [2.05, 4.69) is 0 Å². The molecule has 0 radical (unpaired) electrons. The van der Waals surface area contributed by atoms with E-state index in [1.165, 1.54) is 38.5 Å². The molecule has 0 unspecified atom stereocenters. The van der Waals surface area contributed by atoms with Crippen molar-refractivity contribution >= 4 is 11.9 Å². The van der Waals surface area contributed by atoms with Crippen LogP contribution in [-0.2, 0) is 41.8 Å². The van der Waals surface area contributed by atoms with E-state index in [4.69, 9.17) is 28.4 Å². The molecule has 2 aromatic rings. The summed E-state index contributed by atoms with van der Waals surface area (Å²) in [6.07, 6.45) is -2.88. The Morgan fingerprint density at radius 2 is 1.09 bits per heavy atom. The van der Waals surface area contributed by atoms with Gasteiger partial charge < -0.3 is 38.6 Å². The van der Waals surface area contributed by atoms with Crippen LogP contribution in [0.1, 0.15) is 11.1 Å². The lowest BCUT2D eigenvalue weighted by molar-refractivity contribution is -0.182. The van der Waals surface area contributed by atoms with Crippen LogP contribution in [0.5, 0.6) is 23.0 Å². The van der Waals surface area contributed by atoms with E-state index in [0.717, 1.165) is 14.2 Å². The van der Waals surface area contributed by atoms with E-state index < -0.39 is 24.1 Å². The number of phenols is 2. The van der Waals surface area contributed by atoms with Gasteiger partial charge in [0.25, 0.3) is 0 Å². The number of hydrogen-bond acceptors (Lipinski definition) is 10. The normalized spacial score (nSPS) is 12.5. The molecule has 0 saturated heterocycles. The number of aromatic hydroxyl groups is 2. The van der Waals surface area contributed by atoms with Crippen molar-refractivity contribution in [2.75, 3.05) is 28.4 Å². The van der Waals surface area contributed by atoms with Crippen molar-refractivity contribution in [1.82, 2.24) is 0 Å². The van der Waals surface area contributed by atoms with Crippen LogP contribution in [0.25, 0.3) is 0 Å². The Labute approximate surface area is 185 Å². The first-order valence-corrected chi connectivity index (χ1v) is 9.45. The molecule has 2 aromatic carbocycles. The number of phenolic OH excluding ortho intramolecular Hbond substituents is 2. The van der Waals surface area contributed by atoms with Crippen LogP contribution in [0.3, 0.4) is 0 Å². The highest BCUT2D eigenvalue weighted by molar-refractivity contribution is 5.85. The Morgan fingerprint density at radius 1 is 0.719 bits per heavy atom. The summed E-state index contributed by atoms with van der Waals surface area (Å²) in [4.78, 5) is 24.8. The van der Waals surface area contributed by atoms with Gasteiger partial charge in [0.15, 0.2) is 35.2 Å². The molecule has 0 bridgehead atoms. The summed E-state index contributed by atoms with van der Waals surface area (Å²) in [5.74, 6) is -1.34. The first kappa shape index (κ1) is 24.8. The van der Waals surface area contributed by atoms with Crippen LogP contribution < -0.4 is 9.47 Å². The molecule has 0 aromatic heterocycles. The van der Waals surface area contributed by atoms with E-state index in [9.17, 15) is 19.8 Å². The number of methoxy groups -OCH3 is 4. The predicted molar refractivity (Wildman–Crippen MR) is 111 cm³/mol. The van der Waals surface area contributed by atoms with Gasteiger partial charge >= 0.3 is 11.9 Å². The van der Waals surface area contributed by atoms with Crippen molar-refractivity contribution in [2.45, 2.75) is 25.4 Å². The van der Waals surface area contributed by atoms with Gasteiger partial charge in [-0.1, -0.05) is 12.1 Å². The van der Waals surface area contributed by atoms with Crippen LogP contribution in [0.2, 0.25) is 0 Å². The zero-order valence-corrected chi connectivity index (χ0v) is 18.2. The Hall–Kier alpha value is -3.50. The fourth-order valence-corrected chi connectivity index (χ4v) is 2.79. The summed E-state index contributed by atoms with van der Waals surface area (Å²) < 4.78 is 31.0. The highest BCUT2D eigenvalue weighted by atomic mass is 16.6. The van der Waals surface area contributed by atoms with E-state index >= 15 is 0 Å². The average molecular weight is 450 g/mol. The smallest absolute Gasteiger partial charge is 0.338 e. The summed E-state index contributed by atoms with van der Waals surface area (Å²) in [6, 6.07) is 9.03. The summed E-state index contributed by atoms with van der Waals surface area (Å²) in [5, 5.41) is 19.4. The molecule has 0 aliphatic heterocycles. The molecule has 10 nitrogen and oxygen atoms in total. The summed E-state index contributed by atoms with van der Waals surface area (Å²) in [6.45, 7) is -0.222. The maximum absolute atomic E-state index is 12.4. The second kappa shape index (κ2) is 11.8. The van der Waals surface area contributed by atoms with Crippen molar-refractivity contribution in [3.63, 3.8) is 0 Å². The number of hydrogen-bond donors (Lipinski definition) is 2. The molecule has 0 aliphatic carbocycles. The van der Waals surface area contributed by atoms with E-state index in [0.29, 0.717) is 11.1 Å². The highest BCUT2D eigenvalue weighted by Gasteiger charge is 2.38. The molecule has 2 N–H and O–H groups in total. The molecule has 2 rings (SSSR count). The lowest BCUT2D eigenvalue weighted by atomic mass is 10.1. The monoisotopic (exact) mass is 450 g/mol. The second-order valence-electron chi connectivity index (χ2n) is 6.52. The first-order chi connectivity index (χ1) is 15.3. The third-order valence-electron chi connectivity index (χ3n) is 4.49. The van der Waals surface area contributed by atoms with Crippen molar-refractivity contribution in [1.29, 1.82) is 0 Å². The van der Waals surface area contributed by atoms with Gasteiger partial charge in [-0.15, -0.1) is 0 Å². The number of esters is 2. The Bertz CT molecular complexity index is 851. The zero-order chi connectivity index (χ0) is 23.7. The van der Waals surface area contributed by atoms with E-state index in [1.807, 2.05) is 0 Å². The van der Waals surface area contributed by atoms with Crippen LogP contribution in [-0.4, -0.2) is 62.8 Å². The standard InChI is InChI=1S/C22H26O10/c1-27-17-9-13(5-7-15(17)23)11-31-19(21(25)29-3)20(22(26)30-4)32-12-14-6-8-16(24)18(10-14)28-2/h5-10,19-20,23-24H,11-12H2,1-4H3/t19-,20-/m1/s1. The van der Waals surface area contributed by atoms with Crippen molar-refractivity contribution in [2.24, 2.45) is 0 Å². The molecular formula is C22H26O10. The topological polar surface area (TPSA) is 130 Å². The quantitative estimate of drug-likeness (QED) is 0.490. The molecule has 0 fully saturated rings. The molecule has 174 valence electrons. The Balaban J connectivity index is 2.20. The maximum atomic E-state index is 12.4. The molecule has 0 spiro atoms. The molecule has 10 heteroatoms. The summed E-state index contributed by atoms with van der Waals surface area (Å²) >= 11 is 0. The van der Waals surface area contributed by atoms with Crippen LogP contribution in [0.15, 0.2) is 36.4 Å². The zero-order valence-electron chi connectivity index (χ0n) is 18.2. The molecule has 0 amide bonds. The summed E-state index contributed by atoms with van der Waals surface area (Å²) in [5.41, 5.74) is 1.14. The SMILES string of the molecule is COC(=O)[C@H](OCc1ccc(O)c(OC)c1)[C@@H](OCc1ccc(O)c(OC)c1)C(=O)OC. The molecule has 2 atom stereocenters. The van der Waals surface area contributed by atoms with Crippen LogP contribution in [0, 0.1) is 0 Å². The van der Waals surface area contributed by atoms with Gasteiger partial charge in [0.2, 0.25) is 0 Å².